The zero-order valence-corrected chi connectivity index (χ0v) is 12.6. The van der Waals surface area contributed by atoms with Gasteiger partial charge in [-0.3, -0.25) is 0 Å². The topological polar surface area (TPSA) is 15.3 Å². The van der Waals surface area contributed by atoms with Crippen molar-refractivity contribution in [2.75, 3.05) is 24.5 Å². The molecule has 2 aliphatic rings. The Balaban J connectivity index is 1.39. The minimum Gasteiger partial charge on any atom is -0.372 e. The van der Waals surface area contributed by atoms with Crippen LogP contribution in [0.2, 0.25) is 0 Å². The van der Waals surface area contributed by atoms with Crippen LogP contribution in [0.5, 0.6) is 0 Å². The minimum absolute atomic E-state index is 1.00. The maximum absolute atomic E-state index is 3.60. The van der Waals surface area contributed by atoms with Gasteiger partial charge in [0, 0.05) is 25.3 Å². The lowest BCUT2D eigenvalue weighted by Gasteiger charge is -2.17. The number of hydrogen-bond donors (Lipinski definition) is 1. The molecule has 2 nitrogen and oxygen atoms in total. The molecular weight excluding hydrogens is 244 g/mol. The summed E-state index contributed by atoms with van der Waals surface area (Å²) >= 11 is 0. The van der Waals surface area contributed by atoms with Crippen LogP contribution in [-0.4, -0.2) is 19.6 Å². The fourth-order valence-electron chi connectivity index (χ4n) is 3.64. The van der Waals surface area contributed by atoms with E-state index in [0.717, 1.165) is 12.5 Å². The fraction of sp³-hybridized carbons (Fsp3) is 0.667. The number of nitrogens with zero attached hydrogens (tertiary/aromatic N) is 1. The molecule has 0 atom stereocenters. The first-order valence-electron chi connectivity index (χ1n) is 8.46. The van der Waals surface area contributed by atoms with Gasteiger partial charge in [0.1, 0.15) is 0 Å². The van der Waals surface area contributed by atoms with Gasteiger partial charge in [-0.15, -0.1) is 0 Å². The molecule has 0 amide bonds. The van der Waals surface area contributed by atoms with Crippen LogP contribution in [0.25, 0.3) is 0 Å². The largest absolute Gasteiger partial charge is 0.372 e. The lowest BCUT2D eigenvalue weighted by atomic mass is 10.0. The van der Waals surface area contributed by atoms with Crippen LogP contribution in [0.1, 0.15) is 50.5 Å². The summed E-state index contributed by atoms with van der Waals surface area (Å²) in [5, 5.41) is 3.60. The van der Waals surface area contributed by atoms with Crippen LogP contribution in [0.15, 0.2) is 24.3 Å². The van der Waals surface area contributed by atoms with Gasteiger partial charge in [-0.25, -0.2) is 0 Å². The molecule has 0 bridgehead atoms. The van der Waals surface area contributed by atoms with Crippen LogP contribution in [0.4, 0.5) is 5.69 Å². The third-order valence-corrected chi connectivity index (χ3v) is 4.94. The van der Waals surface area contributed by atoms with E-state index in [2.05, 4.69) is 34.5 Å². The van der Waals surface area contributed by atoms with Crippen LogP contribution >= 0.6 is 0 Å². The molecule has 3 rings (SSSR count). The predicted octanol–water partition coefficient (Wildman–Crippen LogP) is 3.96. The Morgan fingerprint density at radius 2 is 1.65 bits per heavy atom. The van der Waals surface area contributed by atoms with Gasteiger partial charge >= 0.3 is 0 Å². The Bertz CT molecular complexity index is 386. The lowest BCUT2D eigenvalue weighted by molar-refractivity contribution is 0.477. The van der Waals surface area contributed by atoms with Crippen molar-refractivity contribution in [2.45, 2.75) is 51.5 Å². The molecule has 1 aromatic carbocycles. The van der Waals surface area contributed by atoms with Gasteiger partial charge in [-0.05, 0) is 49.4 Å². The first kappa shape index (κ1) is 13.9. The number of anilines is 1. The molecule has 1 saturated carbocycles. The van der Waals surface area contributed by atoms with Gasteiger partial charge < -0.3 is 10.2 Å². The van der Waals surface area contributed by atoms with Gasteiger partial charge in [0.2, 0.25) is 0 Å². The second-order valence-electron chi connectivity index (χ2n) is 6.48. The van der Waals surface area contributed by atoms with Gasteiger partial charge in [0.25, 0.3) is 0 Å². The fourth-order valence-corrected chi connectivity index (χ4v) is 3.64. The van der Waals surface area contributed by atoms with E-state index in [1.807, 2.05) is 0 Å². The minimum atomic E-state index is 1.00. The maximum Gasteiger partial charge on any atom is 0.0366 e. The lowest BCUT2D eigenvalue weighted by Crippen LogP contribution is -2.18. The summed E-state index contributed by atoms with van der Waals surface area (Å²) in [5.74, 6) is 1.00. The third kappa shape index (κ3) is 3.76. The van der Waals surface area contributed by atoms with Crippen LogP contribution in [0, 0.1) is 5.92 Å². The first-order chi connectivity index (χ1) is 9.92. The summed E-state index contributed by atoms with van der Waals surface area (Å²) in [4.78, 5) is 2.50. The van der Waals surface area contributed by atoms with Gasteiger partial charge in [-0.2, -0.15) is 0 Å². The van der Waals surface area contributed by atoms with E-state index in [1.54, 1.807) is 0 Å². The van der Waals surface area contributed by atoms with E-state index in [1.165, 1.54) is 75.8 Å². The average Bonchev–Trinajstić information content (AvgIpc) is 3.17. The molecule has 20 heavy (non-hydrogen) atoms. The summed E-state index contributed by atoms with van der Waals surface area (Å²) in [6, 6.07) is 9.16. The molecule has 1 aliphatic carbocycles. The van der Waals surface area contributed by atoms with Crippen molar-refractivity contribution in [3.05, 3.63) is 29.8 Å². The first-order valence-corrected chi connectivity index (χ1v) is 8.46. The summed E-state index contributed by atoms with van der Waals surface area (Å²) in [6.07, 6.45) is 9.92. The normalized spacial score (nSPS) is 19.9. The van der Waals surface area contributed by atoms with Gasteiger partial charge in [0.05, 0.1) is 0 Å². The molecule has 1 aromatic rings. The van der Waals surface area contributed by atoms with Crippen molar-refractivity contribution in [3.8, 4) is 0 Å². The van der Waals surface area contributed by atoms with E-state index in [-0.39, 0.29) is 0 Å². The number of rotatable bonds is 6. The number of nitrogens with one attached hydrogen (secondary N) is 1. The van der Waals surface area contributed by atoms with Crippen LogP contribution in [-0.2, 0) is 6.54 Å². The van der Waals surface area contributed by atoms with Crippen molar-refractivity contribution in [1.82, 2.24) is 5.32 Å². The van der Waals surface area contributed by atoms with Crippen molar-refractivity contribution < 1.29 is 0 Å². The highest BCUT2D eigenvalue weighted by Crippen LogP contribution is 2.27. The van der Waals surface area contributed by atoms with Gasteiger partial charge in [0.15, 0.2) is 0 Å². The van der Waals surface area contributed by atoms with Crippen molar-refractivity contribution >= 4 is 5.69 Å². The molecule has 1 heterocycles. The summed E-state index contributed by atoms with van der Waals surface area (Å²) in [7, 11) is 0. The SMILES string of the molecule is c1cc(N2CCCC2)ccc1CNCCC1CCCC1. The molecule has 1 N–H and O–H groups in total. The Labute approximate surface area is 123 Å². The Kier molecular flexibility index (Phi) is 4.96. The molecule has 1 saturated heterocycles. The van der Waals surface area contributed by atoms with Crippen LogP contribution in [0.3, 0.4) is 0 Å². The smallest absolute Gasteiger partial charge is 0.0366 e. The highest BCUT2D eigenvalue weighted by molar-refractivity contribution is 5.48. The van der Waals surface area contributed by atoms with Gasteiger partial charge in [-0.1, -0.05) is 37.8 Å². The van der Waals surface area contributed by atoms with Crippen molar-refractivity contribution in [2.24, 2.45) is 5.92 Å². The molecule has 0 aromatic heterocycles. The molecule has 2 fully saturated rings. The zero-order valence-electron chi connectivity index (χ0n) is 12.6. The third-order valence-electron chi connectivity index (χ3n) is 4.94. The quantitative estimate of drug-likeness (QED) is 0.789. The molecule has 110 valence electrons. The summed E-state index contributed by atoms with van der Waals surface area (Å²) in [5.41, 5.74) is 2.82. The summed E-state index contributed by atoms with van der Waals surface area (Å²) < 4.78 is 0. The zero-order chi connectivity index (χ0) is 13.6. The highest BCUT2D eigenvalue weighted by Gasteiger charge is 2.14. The standard InChI is InChI=1S/C18H28N2/c1-2-6-16(5-1)11-12-19-15-17-7-9-18(10-8-17)20-13-3-4-14-20/h7-10,16,19H,1-6,11-15H2. The average molecular weight is 272 g/mol. The van der Waals surface area contributed by atoms with E-state index in [4.69, 9.17) is 0 Å². The second kappa shape index (κ2) is 7.12. The van der Waals surface area contributed by atoms with E-state index < -0.39 is 0 Å². The maximum atomic E-state index is 3.60. The molecular formula is C18H28N2. The van der Waals surface area contributed by atoms with Crippen molar-refractivity contribution in [1.29, 1.82) is 0 Å². The Morgan fingerprint density at radius 3 is 2.35 bits per heavy atom. The monoisotopic (exact) mass is 272 g/mol. The predicted molar refractivity (Wildman–Crippen MR) is 86.2 cm³/mol. The molecule has 1 aliphatic heterocycles. The van der Waals surface area contributed by atoms with E-state index in [9.17, 15) is 0 Å². The molecule has 2 heteroatoms. The van der Waals surface area contributed by atoms with E-state index >= 15 is 0 Å². The Hall–Kier alpha value is -1.02. The second-order valence-corrected chi connectivity index (χ2v) is 6.48. The number of hydrogen-bond acceptors (Lipinski definition) is 2. The Morgan fingerprint density at radius 1 is 0.950 bits per heavy atom. The highest BCUT2D eigenvalue weighted by atomic mass is 15.1. The van der Waals surface area contributed by atoms with Crippen LogP contribution < -0.4 is 10.2 Å². The molecule has 0 radical (unpaired) electrons. The number of benzene rings is 1. The molecule has 0 unspecified atom stereocenters. The van der Waals surface area contributed by atoms with E-state index in [0.29, 0.717) is 0 Å². The van der Waals surface area contributed by atoms with Crippen molar-refractivity contribution in [3.63, 3.8) is 0 Å². The molecule has 0 spiro atoms. The summed E-state index contributed by atoms with van der Waals surface area (Å²) in [6.45, 7) is 4.67.